The van der Waals surface area contributed by atoms with Crippen molar-refractivity contribution in [2.24, 2.45) is 0 Å². The van der Waals surface area contributed by atoms with E-state index in [2.05, 4.69) is 20.7 Å². The highest BCUT2D eigenvalue weighted by Gasteiger charge is 2.17. The molecule has 5 nitrogen and oxygen atoms in total. The van der Waals surface area contributed by atoms with Gasteiger partial charge in [0.1, 0.15) is 0 Å². The average Bonchev–Trinajstić information content (AvgIpc) is 2.27. The zero-order valence-corrected chi connectivity index (χ0v) is 13.9. The molecule has 0 radical (unpaired) electrons. The summed E-state index contributed by atoms with van der Waals surface area (Å²) in [6.07, 6.45) is 2.13. The van der Waals surface area contributed by atoms with Crippen LogP contribution in [-0.2, 0) is 20.8 Å². The summed E-state index contributed by atoms with van der Waals surface area (Å²) in [5.41, 5.74) is 6.05. The summed E-state index contributed by atoms with van der Waals surface area (Å²) < 4.78 is 38.2. The van der Waals surface area contributed by atoms with Crippen molar-refractivity contribution in [3.8, 4) is 0 Å². The van der Waals surface area contributed by atoms with Gasteiger partial charge in [-0.2, -0.15) is 0 Å². The van der Waals surface area contributed by atoms with E-state index in [0.717, 1.165) is 0 Å². The molecule has 0 saturated carbocycles. The molecule has 108 valence electrons. The Bertz CT molecular complexity index is 575. The lowest BCUT2D eigenvalue weighted by Gasteiger charge is -2.11. The van der Waals surface area contributed by atoms with Gasteiger partial charge in [0.05, 0.1) is 4.90 Å². The zero-order valence-electron chi connectivity index (χ0n) is 10.7. The summed E-state index contributed by atoms with van der Waals surface area (Å²) in [5, 5.41) is -0.0439. The number of nitrogens with two attached hydrogens (primary N) is 1. The number of nitrogens with one attached hydrogen (secondary N) is 1. The van der Waals surface area contributed by atoms with Crippen molar-refractivity contribution in [2.75, 3.05) is 18.5 Å². The lowest BCUT2D eigenvalue weighted by atomic mass is 10.3. The van der Waals surface area contributed by atoms with E-state index < -0.39 is 20.8 Å². The molecule has 0 amide bonds. The molecule has 0 saturated heterocycles. The summed E-state index contributed by atoms with van der Waals surface area (Å²) in [4.78, 5) is 0.145. The molecule has 0 spiro atoms. The van der Waals surface area contributed by atoms with E-state index in [1.165, 1.54) is 18.2 Å². The highest BCUT2D eigenvalue weighted by molar-refractivity contribution is 9.10. The van der Waals surface area contributed by atoms with Crippen LogP contribution in [0.5, 0.6) is 0 Å². The molecule has 0 fully saturated rings. The molecule has 0 aliphatic rings. The molecular weight excluding hydrogens is 352 g/mol. The minimum absolute atomic E-state index is 0.0439. The van der Waals surface area contributed by atoms with Crippen LogP contribution in [0.3, 0.4) is 0 Å². The summed E-state index contributed by atoms with van der Waals surface area (Å²) in [6, 6.07) is 4.52. The molecule has 1 rings (SSSR count). The molecule has 2 atom stereocenters. The van der Waals surface area contributed by atoms with Gasteiger partial charge in [-0.3, -0.25) is 4.21 Å². The summed E-state index contributed by atoms with van der Waals surface area (Å²) in [6.45, 7) is 2.07. The van der Waals surface area contributed by atoms with Crippen LogP contribution in [0, 0.1) is 0 Å². The normalized spacial score (nSPS) is 15.1. The van der Waals surface area contributed by atoms with E-state index in [0.29, 0.717) is 16.6 Å². The van der Waals surface area contributed by atoms with E-state index >= 15 is 0 Å². The Morgan fingerprint density at radius 2 is 2.11 bits per heavy atom. The van der Waals surface area contributed by atoms with Crippen molar-refractivity contribution in [3.05, 3.63) is 22.7 Å². The quantitative estimate of drug-likeness (QED) is 0.743. The predicted molar refractivity (Wildman–Crippen MR) is 81.9 cm³/mol. The molecule has 0 aliphatic carbocycles. The zero-order chi connectivity index (χ0) is 14.6. The van der Waals surface area contributed by atoms with Crippen molar-refractivity contribution in [2.45, 2.75) is 23.5 Å². The highest BCUT2D eigenvalue weighted by atomic mass is 79.9. The smallest absolute Gasteiger partial charge is 0.241 e. The van der Waals surface area contributed by atoms with Gasteiger partial charge in [0.15, 0.2) is 0 Å². The predicted octanol–water partition coefficient (Wildman–Crippen LogP) is 1.47. The first kappa shape index (κ1) is 16.6. The molecule has 0 aliphatic heterocycles. The molecule has 3 N–H and O–H groups in total. The van der Waals surface area contributed by atoms with Gasteiger partial charge in [-0.1, -0.05) is 6.92 Å². The Labute approximate surface area is 124 Å². The Hall–Kier alpha value is -0.440. The van der Waals surface area contributed by atoms with Crippen LogP contribution in [-0.4, -0.2) is 30.7 Å². The Morgan fingerprint density at radius 3 is 2.63 bits per heavy atom. The molecule has 8 heteroatoms. The van der Waals surface area contributed by atoms with Crippen LogP contribution in [0.15, 0.2) is 27.6 Å². The van der Waals surface area contributed by atoms with E-state index in [4.69, 9.17) is 5.73 Å². The van der Waals surface area contributed by atoms with Gasteiger partial charge in [-0.15, -0.1) is 0 Å². The van der Waals surface area contributed by atoms with Gasteiger partial charge in [-0.05, 0) is 40.5 Å². The second-order valence-electron chi connectivity index (χ2n) is 4.19. The van der Waals surface area contributed by atoms with Crippen molar-refractivity contribution in [1.29, 1.82) is 0 Å². The lowest BCUT2D eigenvalue weighted by Crippen LogP contribution is -2.28. The van der Waals surface area contributed by atoms with Crippen molar-refractivity contribution >= 4 is 42.4 Å². The molecule has 19 heavy (non-hydrogen) atoms. The number of sulfonamides is 1. The van der Waals surface area contributed by atoms with Crippen molar-refractivity contribution < 1.29 is 12.6 Å². The Kier molecular flexibility index (Phi) is 5.97. The van der Waals surface area contributed by atoms with E-state index in [1.54, 1.807) is 6.26 Å². The SMILES string of the molecule is CC(CCNS(=O)(=O)c1ccc(N)cc1Br)S(C)=O. The number of anilines is 1. The number of hydrogen-bond donors (Lipinski definition) is 2. The van der Waals surface area contributed by atoms with Gasteiger partial charge in [-0.25, -0.2) is 13.1 Å². The minimum Gasteiger partial charge on any atom is -0.399 e. The standard InChI is InChI=1S/C11H17BrN2O3S2/c1-8(18(2)15)5-6-14-19(16,17)11-4-3-9(13)7-10(11)12/h3-4,7-8,14H,5-6,13H2,1-2H3. The molecule has 1 aromatic carbocycles. The lowest BCUT2D eigenvalue weighted by molar-refractivity contribution is 0.577. The second-order valence-corrected chi connectivity index (χ2v) is 8.58. The van der Waals surface area contributed by atoms with Crippen LogP contribution in [0.1, 0.15) is 13.3 Å². The summed E-state index contributed by atoms with van der Waals surface area (Å²) >= 11 is 3.18. The third-order valence-corrected chi connectivity index (χ3v) is 6.46. The number of rotatable bonds is 6. The summed E-state index contributed by atoms with van der Waals surface area (Å²) in [5.74, 6) is 0. The van der Waals surface area contributed by atoms with Gasteiger partial charge in [0.2, 0.25) is 10.0 Å². The van der Waals surface area contributed by atoms with Gasteiger partial charge >= 0.3 is 0 Å². The number of benzene rings is 1. The van der Waals surface area contributed by atoms with Crippen LogP contribution in [0.4, 0.5) is 5.69 Å². The molecule has 0 bridgehead atoms. The van der Waals surface area contributed by atoms with Crippen molar-refractivity contribution in [1.82, 2.24) is 4.72 Å². The molecule has 1 aromatic rings. The Morgan fingerprint density at radius 1 is 1.47 bits per heavy atom. The van der Waals surface area contributed by atoms with E-state index in [-0.39, 0.29) is 16.7 Å². The molecule has 0 heterocycles. The minimum atomic E-state index is -3.58. The number of nitrogen functional groups attached to an aromatic ring is 1. The highest BCUT2D eigenvalue weighted by Crippen LogP contribution is 2.24. The maximum absolute atomic E-state index is 12.1. The molecule has 0 aromatic heterocycles. The second kappa shape index (κ2) is 6.83. The third-order valence-electron chi connectivity index (χ3n) is 2.66. The van der Waals surface area contributed by atoms with Crippen LogP contribution < -0.4 is 10.5 Å². The van der Waals surface area contributed by atoms with Crippen LogP contribution >= 0.6 is 15.9 Å². The first-order valence-electron chi connectivity index (χ1n) is 5.61. The topological polar surface area (TPSA) is 89.3 Å². The molecular formula is C11H17BrN2O3S2. The fourth-order valence-electron chi connectivity index (χ4n) is 1.38. The maximum Gasteiger partial charge on any atom is 0.241 e. The first-order chi connectivity index (χ1) is 8.74. The number of halogens is 1. The van der Waals surface area contributed by atoms with E-state index in [9.17, 15) is 12.6 Å². The molecule has 2 unspecified atom stereocenters. The Balaban J connectivity index is 2.74. The van der Waals surface area contributed by atoms with Crippen molar-refractivity contribution in [3.63, 3.8) is 0 Å². The maximum atomic E-state index is 12.1. The fraction of sp³-hybridized carbons (Fsp3) is 0.455. The largest absolute Gasteiger partial charge is 0.399 e. The first-order valence-corrected chi connectivity index (χ1v) is 9.50. The monoisotopic (exact) mass is 368 g/mol. The third kappa shape index (κ3) is 4.87. The van der Waals surface area contributed by atoms with Crippen LogP contribution in [0.2, 0.25) is 0 Å². The van der Waals surface area contributed by atoms with Crippen LogP contribution in [0.25, 0.3) is 0 Å². The fourth-order valence-corrected chi connectivity index (χ4v) is 3.97. The van der Waals surface area contributed by atoms with Gasteiger partial charge < -0.3 is 5.73 Å². The van der Waals surface area contributed by atoms with Gasteiger partial charge in [0.25, 0.3) is 0 Å². The summed E-state index contributed by atoms with van der Waals surface area (Å²) in [7, 11) is -4.53. The average molecular weight is 369 g/mol. The van der Waals surface area contributed by atoms with E-state index in [1.807, 2.05) is 6.92 Å². The number of hydrogen-bond acceptors (Lipinski definition) is 4. The van der Waals surface area contributed by atoms with Gasteiger partial charge in [0, 0.05) is 39.0 Å².